The number of hydrogen-bond acceptors (Lipinski definition) is 3. The number of carbonyl (C=O) groups is 1. The van der Waals surface area contributed by atoms with Crippen LogP contribution in [0.5, 0.6) is 5.75 Å². The van der Waals surface area contributed by atoms with E-state index >= 15 is 0 Å². The second-order valence-electron chi connectivity index (χ2n) is 5.13. The van der Waals surface area contributed by atoms with Crippen molar-refractivity contribution < 1.29 is 9.90 Å². The number of hydrogen-bond donors (Lipinski definition) is 3. The molecule has 1 atom stereocenters. The van der Waals surface area contributed by atoms with Gasteiger partial charge in [-0.15, -0.1) is 0 Å². The highest BCUT2D eigenvalue weighted by Crippen LogP contribution is 2.11. The van der Waals surface area contributed by atoms with Crippen LogP contribution in [-0.2, 0) is 11.2 Å². The van der Waals surface area contributed by atoms with Crippen molar-refractivity contribution >= 4 is 5.91 Å². The highest BCUT2D eigenvalue weighted by molar-refractivity contribution is 5.78. The lowest BCUT2D eigenvalue weighted by Gasteiger charge is -2.23. The van der Waals surface area contributed by atoms with Crippen LogP contribution in [0, 0.1) is 0 Å². The molecule has 1 amide bonds. The van der Waals surface area contributed by atoms with E-state index in [-0.39, 0.29) is 11.7 Å². The van der Waals surface area contributed by atoms with E-state index in [4.69, 9.17) is 0 Å². The molecule has 0 aromatic heterocycles. The molecule has 0 aliphatic carbocycles. The summed E-state index contributed by atoms with van der Waals surface area (Å²) in [5.41, 5.74) is 0.841. The highest BCUT2D eigenvalue weighted by Gasteiger charge is 2.12. The van der Waals surface area contributed by atoms with Gasteiger partial charge in [0, 0.05) is 12.6 Å². The molecule has 0 spiro atoms. The Kier molecular flexibility index (Phi) is 5.21. The van der Waals surface area contributed by atoms with Crippen molar-refractivity contribution in [1.29, 1.82) is 0 Å². The SMILES string of the molecule is O=C(Cc1cccc(O)c1)NCCC1CCCCN1. The Morgan fingerprint density at radius 3 is 3.05 bits per heavy atom. The van der Waals surface area contributed by atoms with Crippen LogP contribution in [0.1, 0.15) is 31.2 Å². The van der Waals surface area contributed by atoms with Crippen LogP contribution in [0.4, 0.5) is 0 Å². The Morgan fingerprint density at radius 2 is 2.32 bits per heavy atom. The first-order valence-corrected chi connectivity index (χ1v) is 7.02. The van der Waals surface area contributed by atoms with E-state index in [1.54, 1.807) is 18.2 Å². The number of piperidine rings is 1. The third-order valence-electron chi connectivity index (χ3n) is 3.50. The lowest BCUT2D eigenvalue weighted by Crippen LogP contribution is -2.37. The van der Waals surface area contributed by atoms with Crippen LogP contribution >= 0.6 is 0 Å². The predicted molar refractivity (Wildman–Crippen MR) is 75.1 cm³/mol. The molecule has 1 fully saturated rings. The molecule has 4 nitrogen and oxygen atoms in total. The predicted octanol–water partition coefficient (Wildman–Crippen LogP) is 1.58. The molecular weight excluding hydrogens is 240 g/mol. The first-order chi connectivity index (χ1) is 9.24. The molecule has 2 rings (SSSR count). The van der Waals surface area contributed by atoms with E-state index < -0.39 is 0 Å². The molecule has 1 aliphatic heterocycles. The fourth-order valence-electron chi connectivity index (χ4n) is 2.47. The molecule has 104 valence electrons. The molecule has 0 saturated carbocycles. The quantitative estimate of drug-likeness (QED) is 0.755. The number of benzene rings is 1. The van der Waals surface area contributed by atoms with Crippen molar-refractivity contribution in [3.63, 3.8) is 0 Å². The molecule has 19 heavy (non-hydrogen) atoms. The van der Waals surface area contributed by atoms with Gasteiger partial charge in [0.1, 0.15) is 5.75 Å². The van der Waals surface area contributed by atoms with E-state index in [0.717, 1.165) is 25.1 Å². The third kappa shape index (κ3) is 4.91. The summed E-state index contributed by atoms with van der Waals surface area (Å²) < 4.78 is 0. The number of aromatic hydroxyl groups is 1. The summed E-state index contributed by atoms with van der Waals surface area (Å²) in [6.45, 7) is 1.82. The zero-order chi connectivity index (χ0) is 13.5. The summed E-state index contributed by atoms with van der Waals surface area (Å²) in [6, 6.07) is 7.39. The maximum atomic E-state index is 11.8. The molecule has 1 aromatic rings. The van der Waals surface area contributed by atoms with Gasteiger partial charge >= 0.3 is 0 Å². The maximum absolute atomic E-state index is 11.8. The molecule has 1 heterocycles. The maximum Gasteiger partial charge on any atom is 0.224 e. The van der Waals surface area contributed by atoms with Gasteiger partial charge in [-0.3, -0.25) is 4.79 Å². The molecule has 1 unspecified atom stereocenters. The van der Waals surface area contributed by atoms with Crippen LogP contribution in [0.25, 0.3) is 0 Å². The molecule has 3 N–H and O–H groups in total. The van der Waals surface area contributed by atoms with Gasteiger partial charge in [0.15, 0.2) is 0 Å². The van der Waals surface area contributed by atoms with Gasteiger partial charge in [0.05, 0.1) is 6.42 Å². The molecular formula is C15H22N2O2. The van der Waals surface area contributed by atoms with Crippen LogP contribution in [0.3, 0.4) is 0 Å². The van der Waals surface area contributed by atoms with Crippen LogP contribution in [-0.4, -0.2) is 30.1 Å². The Morgan fingerprint density at radius 1 is 1.42 bits per heavy atom. The molecule has 4 heteroatoms. The Hall–Kier alpha value is -1.55. The van der Waals surface area contributed by atoms with Gasteiger partial charge in [0.25, 0.3) is 0 Å². The van der Waals surface area contributed by atoms with Gasteiger partial charge in [-0.05, 0) is 43.5 Å². The Labute approximate surface area is 114 Å². The molecule has 0 radical (unpaired) electrons. The average molecular weight is 262 g/mol. The van der Waals surface area contributed by atoms with E-state index in [0.29, 0.717) is 12.5 Å². The third-order valence-corrected chi connectivity index (χ3v) is 3.50. The summed E-state index contributed by atoms with van der Waals surface area (Å²) in [5, 5.41) is 15.7. The highest BCUT2D eigenvalue weighted by atomic mass is 16.3. The van der Waals surface area contributed by atoms with Crippen molar-refractivity contribution in [2.75, 3.05) is 13.1 Å². The van der Waals surface area contributed by atoms with Gasteiger partial charge in [0.2, 0.25) is 5.91 Å². The van der Waals surface area contributed by atoms with Crippen LogP contribution in [0.2, 0.25) is 0 Å². The van der Waals surface area contributed by atoms with Gasteiger partial charge in [-0.2, -0.15) is 0 Å². The number of phenols is 1. The molecule has 1 saturated heterocycles. The van der Waals surface area contributed by atoms with E-state index in [2.05, 4.69) is 10.6 Å². The number of phenolic OH excluding ortho intramolecular Hbond substituents is 1. The molecule has 1 aromatic carbocycles. The average Bonchev–Trinajstić information content (AvgIpc) is 2.40. The lowest BCUT2D eigenvalue weighted by atomic mass is 10.0. The molecule has 0 bridgehead atoms. The minimum atomic E-state index is 0.0152. The normalized spacial score (nSPS) is 19.1. The van der Waals surface area contributed by atoms with Crippen molar-refractivity contribution in [3.8, 4) is 5.75 Å². The summed E-state index contributed by atoms with van der Waals surface area (Å²) in [6.07, 6.45) is 5.08. The van der Waals surface area contributed by atoms with Crippen molar-refractivity contribution in [1.82, 2.24) is 10.6 Å². The number of nitrogens with one attached hydrogen (secondary N) is 2. The smallest absolute Gasteiger partial charge is 0.224 e. The summed E-state index contributed by atoms with van der Waals surface area (Å²) in [5.74, 6) is 0.220. The standard InChI is InChI=1S/C15H22N2O2/c18-14-6-3-4-12(10-14)11-15(19)17-9-7-13-5-1-2-8-16-13/h3-4,6,10,13,16,18H,1-2,5,7-9,11H2,(H,17,19). The van der Waals surface area contributed by atoms with Crippen molar-refractivity contribution in [2.24, 2.45) is 0 Å². The zero-order valence-corrected chi connectivity index (χ0v) is 11.2. The zero-order valence-electron chi connectivity index (χ0n) is 11.2. The largest absolute Gasteiger partial charge is 0.508 e. The lowest BCUT2D eigenvalue weighted by molar-refractivity contribution is -0.120. The van der Waals surface area contributed by atoms with Gasteiger partial charge < -0.3 is 15.7 Å². The Bertz CT molecular complexity index is 414. The van der Waals surface area contributed by atoms with Crippen molar-refractivity contribution in [3.05, 3.63) is 29.8 Å². The summed E-state index contributed by atoms with van der Waals surface area (Å²) in [4.78, 5) is 11.8. The summed E-state index contributed by atoms with van der Waals surface area (Å²) in [7, 11) is 0. The monoisotopic (exact) mass is 262 g/mol. The number of carbonyl (C=O) groups excluding carboxylic acids is 1. The minimum Gasteiger partial charge on any atom is -0.508 e. The summed E-state index contributed by atoms with van der Waals surface area (Å²) >= 11 is 0. The topological polar surface area (TPSA) is 61.4 Å². The minimum absolute atomic E-state index is 0.0152. The first kappa shape index (κ1) is 13.9. The van der Waals surface area contributed by atoms with Crippen LogP contribution in [0.15, 0.2) is 24.3 Å². The number of rotatable bonds is 5. The number of amides is 1. The van der Waals surface area contributed by atoms with Crippen LogP contribution < -0.4 is 10.6 Å². The van der Waals surface area contributed by atoms with Gasteiger partial charge in [-0.1, -0.05) is 18.6 Å². The second-order valence-corrected chi connectivity index (χ2v) is 5.13. The van der Waals surface area contributed by atoms with E-state index in [9.17, 15) is 9.90 Å². The fourth-order valence-corrected chi connectivity index (χ4v) is 2.47. The van der Waals surface area contributed by atoms with Gasteiger partial charge in [-0.25, -0.2) is 0 Å². The second kappa shape index (κ2) is 7.14. The van der Waals surface area contributed by atoms with E-state index in [1.807, 2.05) is 6.07 Å². The van der Waals surface area contributed by atoms with Crippen molar-refractivity contribution in [2.45, 2.75) is 38.1 Å². The fraction of sp³-hybridized carbons (Fsp3) is 0.533. The molecule has 1 aliphatic rings. The Balaban J connectivity index is 1.67. The van der Waals surface area contributed by atoms with E-state index in [1.165, 1.54) is 19.3 Å². The first-order valence-electron chi connectivity index (χ1n) is 7.02.